The average molecular weight is 272 g/mol. The molecular weight excluding hydrogens is 244 g/mol. The van der Waals surface area contributed by atoms with Gasteiger partial charge in [0.25, 0.3) is 0 Å². The van der Waals surface area contributed by atoms with Crippen molar-refractivity contribution in [3.8, 4) is 0 Å². The first-order chi connectivity index (χ1) is 9.13. The molecule has 1 N–H and O–H groups in total. The second kappa shape index (κ2) is 7.82. The first-order valence-corrected chi connectivity index (χ1v) is 7.22. The zero-order valence-electron chi connectivity index (χ0n) is 12.7. The maximum absolute atomic E-state index is 12.0. The van der Waals surface area contributed by atoms with Gasteiger partial charge >= 0.3 is 5.97 Å². The number of carbonyl (C=O) groups is 1. The van der Waals surface area contributed by atoms with Crippen LogP contribution < -0.4 is 5.32 Å². The van der Waals surface area contributed by atoms with Gasteiger partial charge in [-0.15, -0.1) is 0 Å². The van der Waals surface area contributed by atoms with E-state index in [1.165, 1.54) is 7.11 Å². The first-order valence-electron chi connectivity index (χ1n) is 7.22. The topological polar surface area (TPSA) is 50.8 Å². The van der Waals surface area contributed by atoms with Gasteiger partial charge in [0.05, 0.1) is 13.7 Å². The molecule has 19 heavy (non-hydrogen) atoms. The highest BCUT2D eigenvalue weighted by Gasteiger charge is 2.46. The van der Waals surface area contributed by atoms with Crippen LogP contribution in [0.3, 0.4) is 0 Å². The summed E-state index contributed by atoms with van der Waals surface area (Å²) < 4.78 is 10.4. The van der Waals surface area contributed by atoms with Gasteiger partial charge in [0, 0.05) is 19.2 Å². The van der Waals surface area contributed by atoms with E-state index in [4.69, 9.17) is 9.47 Å². The molecule has 1 saturated carbocycles. The summed E-state index contributed by atoms with van der Waals surface area (Å²) in [7, 11) is 3.30. The second-order valence-electron chi connectivity index (χ2n) is 5.05. The van der Waals surface area contributed by atoms with Crippen molar-refractivity contribution in [2.24, 2.45) is 0 Å². The number of likely N-dealkylation sites (N-methyl/N-ethyl adjacent to an activating group) is 2. The highest BCUT2D eigenvalue weighted by atomic mass is 16.5. The summed E-state index contributed by atoms with van der Waals surface area (Å²) >= 11 is 0. The van der Waals surface area contributed by atoms with Gasteiger partial charge in [0.15, 0.2) is 0 Å². The number of ether oxygens (including phenoxy) is 2. The number of rotatable bonds is 8. The Kier molecular flexibility index (Phi) is 6.75. The van der Waals surface area contributed by atoms with Crippen molar-refractivity contribution in [2.45, 2.75) is 44.7 Å². The summed E-state index contributed by atoms with van der Waals surface area (Å²) in [6.45, 7) is 7.59. The normalized spacial score (nSPS) is 26.9. The number of carbonyl (C=O) groups excluding carboxylic acids is 1. The van der Waals surface area contributed by atoms with Crippen LogP contribution in [0.5, 0.6) is 0 Å². The van der Waals surface area contributed by atoms with E-state index >= 15 is 0 Å². The molecule has 5 heteroatoms. The zero-order valence-corrected chi connectivity index (χ0v) is 12.7. The number of esters is 1. The van der Waals surface area contributed by atoms with E-state index in [2.05, 4.69) is 17.1 Å². The molecule has 2 unspecified atom stereocenters. The van der Waals surface area contributed by atoms with Crippen molar-refractivity contribution < 1.29 is 14.3 Å². The summed E-state index contributed by atoms with van der Waals surface area (Å²) in [4.78, 5) is 14.4. The largest absolute Gasteiger partial charge is 0.468 e. The summed E-state index contributed by atoms with van der Waals surface area (Å²) in [6.07, 6.45) is 2.68. The van der Waals surface area contributed by atoms with E-state index in [0.717, 1.165) is 45.6 Å². The molecule has 1 aliphatic rings. The summed E-state index contributed by atoms with van der Waals surface area (Å²) in [5.74, 6) is -0.140. The molecule has 0 saturated heterocycles. The van der Waals surface area contributed by atoms with E-state index in [1.807, 2.05) is 14.0 Å². The molecular formula is C14H28N2O3. The fourth-order valence-corrected chi connectivity index (χ4v) is 2.97. The van der Waals surface area contributed by atoms with Crippen LogP contribution in [0.4, 0.5) is 0 Å². The third-order valence-corrected chi connectivity index (χ3v) is 4.19. The molecule has 5 nitrogen and oxygen atoms in total. The third-order valence-electron chi connectivity index (χ3n) is 4.19. The zero-order chi connectivity index (χ0) is 14.3. The lowest BCUT2D eigenvalue weighted by Gasteiger charge is -2.30. The van der Waals surface area contributed by atoms with Gasteiger partial charge in [-0.05, 0) is 39.8 Å². The molecule has 0 aliphatic heterocycles. The Bertz CT molecular complexity index is 286. The molecule has 1 aliphatic carbocycles. The number of nitrogens with zero attached hydrogens (tertiary/aromatic N) is 1. The number of nitrogens with one attached hydrogen (secondary N) is 1. The summed E-state index contributed by atoms with van der Waals surface area (Å²) in [6, 6.07) is 0.428. The quantitative estimate of drug-likeness (QED) is 0.528. The second-order valence-corrected chi connectivity index (χ2v) is 5.05. The monoisotopic (exact) mass is 272 g/mol. The third kappa shape index (κ3) is 3.91. The Hall–Kier alpha value is -0.650. The maximum Gasteiger partial charge on any atom is 0.326 e. The predicted molar refractivity (Wildman–Crippen MR) is 75.2 cm³/mol. The minimum absolute atomic E-state index is 0.140. The van der Waals surface area contributed by atoms with Crippen molar-refractivity contribution in [2.75, 3.05) is 40.5 Å². The highest BCUT2D eigenvalue weighted by Crippen LogP contribution is 2.33. The first kappa shape index (κ1) is 16.4. The lowest BCUT2D eigenvalue weighted by atomic mass is 9.97. The number of hydrogen-bond donors (Lipinski definition) is 1. The summed E-state index contributed by atoms with van der Waals surface area (Å²) in [5.41, 5.74) is -0.502. The lowest BCUT2D eigenvalue weighted by molar-refractivity contribution is -0.148. The Balaban J connectivity index is 2.58. The predicted octanol–water partition coefficient (Wildman–Crippen LogP) is 1.03. The van der Waals surface area contributed by atoms with Gasteiger partial charge in [-0.2, -0.15) is 0 Å². The molecule has 0 heterocycles. The SMILES string of the molecule is CCOCCN(CC)C1CCC(NC)(C(=O)OC)C1. The Morgan fingerprint density at radius 3 is 2.74 bits per heavy atom. The van der Waals surface area contributed by atoms with Crippen molar-refractivity contribution in [3.05, 3.63) is 0 Å². The molecule has 0 aromatic rings. The van der Waals surface area contributed by atoms with Crippen molar-refractivity contribution >= 4 is 5.97 Å². The van der Waals surface area contributed by atoms with E-state index in [1.54, 1.807) is 0 Å². The van der Waals surface area contributed by atoms with Gasteiger partial charge in [-0.3, -0.25) is 9.69 Å². The van der Waals surface area contributed by atoms with Crippen LogP contribution in [-0.2, 0) is 14.3 Å². The van der Waals surface area contributed by atoms with Crippen molar-refractivity contribution in [1.29, 1.82) is 0 Å². The Labute approximate surface area is 116 Å². The van der Waals surface area contributed by atoms with Crippen LogP contribution in [-0.4, -0.2) is 62.9 Å². The van der Waals surface area contributed by atoms with Crippen LogP contribution in [0.1, 0.15) is 33.1 Å². The highest BCUT2D eigenvalue weighted by molar-refractivity contribution is 5.81. The Morgan fingerprint density at radius 2 is 2.21 bits per heavy atom. The Morgan fingerprint density at radius 1 is 1.47 bits per heavy atom. The van der Waals surface area contributed by atoms with Gasteiger partial charge in [0.1, 0.15) is 5.54 Å². The van der Waals surface area contributed by atoms with Crippen molar-refractivity contribution in [1.82, 2.24) is 10.2 Å². The fourth-order valence-electron chi connectivity index (χ4n) is 2.97. The molecule has 1 fully saturated rings. The van der Waals surface area contributed by atoms with Gasteiger partial charge in [-0.1, -0.05) is 6.92 Å². The molecule has 0 aromatic heterocycles. The molecule has 1 rings (SSSR count). The molecule has 0 bridgehead atoms. The van der Waals surface area contributed by atoms with Crippen LogP contribution >= 0.6 is 0 Å². The van der Waals surface area contributed by atoms with Gasteiger partial charge in [0.2, 0.25) is 0 Å². The fraction of sp³-hybridized carbons (Fsp3) is 0.929. The number of methoxy groups -OCH3 is 1. The van der Waals surface area contributed by atoms with Gasteiger partial charge in [-0.25, -0.2) is 0 Å². The molecule has 0 aromatic carbocycles. The molecule has 0 amide bonds. The minimum atomic E-state index is -0.502. The van der Waals surface area contributed by atoms with Crippen molar-refractivity contribution in [3.63, 3.8) is 0 Å². The smallest absolute Gasteiger partial charge is 0.326 e. The number of hydrogen-bond acceptors (Lipinski definition) is 5. The molecule has 112 valence electrons. The lowest BCUT2D eigenvalue weighted by Crippen LogP contribution is -2.50. The van der Waals surface area contributed by atoms with Crippen LogP contribution in [0, 0.1) is 0 Å². The average Bonchev–Trinajstić information content (AvgIpc) is 2.88. The molecule has 0 spiro atoms. The summed E-state index contributed by atoms with van der Waals surface area (Å²) in [5, 5.41) is 3.17. The van der Waals surface area contributed by atoms with Crippen LogP contribution in [0.2, 0.25) is 0 Å². The van der Waals surface area contributed by atoms with E-state index in [9.17, 15) is 4.79 Å². The molecule has 0 radical (unpaired) electrons. The van der Waals surface area contributed by atoms with Crippen LogP contribution in [0.25, 0.3) is 0 Å². The van der Waals surface area contributed by atoms with E-state index in [0.29, 0.717) is 6.04 Å². The van der Waals surface area contributed by atoms with E-state index < -0.39 is 5.54 Å². The van der Waals surface area contributed by atoms with Crippen LogP contribution in [0.15, 0.2) is 0 Å². The maximum atomic E-state index is 12.0. The minimum Gasteiger partial charge on any atom is -0.468 e. The van der Waals surface area contributed by atoms with Gasteiger partial charge < -0.3 is 14.8 Å². The standard InChI is InChI=1S/C14H28N2O3/c1-5-16(9-10-19-6-2)12-7-8-14(11-12,15-3)13(17)18-4/h12,15H,5-11H2,1-4H3. The molecule has 2 atom stereocenters. The van der Waals surface area contributed by atoms with E-state index in [-0.39, 0.29) is 5.97 Å².